The van der Waals surface area contributed by atoms with E-state index in [1.807, 2.05) is 30.5 Å². The van der Waals surface area contributed by atoms with Crippen molar-refractivity contribution in [3.63, 3.8) is 0 Å². The lowest BCUT2D eigenvalue weighted by Gasteiger charge is -2.18. The van der Waals surface area contributed by atoms with Gasteiger partial charge in [0, 0.05) is 48.5 Å². The van der Waals surface area contributed by atoms with E-state index in [1.165, 1.54) is 12.1 Å². The van der Waals surface area contributed by atoms with Crippen molar-refractivity contribution in [3.05, 3.63) is 83.9 Å². The summed E-state index contributed by atoms with van der Waals surface area (Å²) in [6.45, 7) is 1.95. The Hall–Kier alpha value is -3.54. The third-order valence-corrected chi connectivity index (χ3v) is 5.77. The summed E-state index contributed by atoms with van der Waals surface area (Å²) in [6.07, 6.45) is 4.57. The molecule has 1 N–H and O–H groups in total. The fraction of sp³-hybridized carbons (Fsp3) is 0.208. The van der Waals surface area contributed by atoms with Crippen molar-refractivity contribution in [2.75, 3.05) is 23.3 Å². The highest BCUT2D eigenvalue weighted by Crippen LogP contribution is 2.33. The molecule has 0 radical (unpaired) electrons. The van der Waals surface area contributed by atoms with Crippen molar-refractivity contribution in [3.8, 4) is 0 Å². The molecule has 1 amide bonds. The summed E-state index contributed by atoms with van der Waals surface area (Å²) >= 11 is 0. The molecule has 3 heterocycles. The second-order valence-corrected chi connectivity index (χ2v) is 7.68. The molecule has 6 heteroatoms. The van der Waals surface area contributed by atoms with E-state index in [9.17, 15) is 9.18 Å². The van der Waals surface area contributed by atoms with Gasteiger partial charge in [-0.05, 0) is 60.5 Å². The van der Waals surface area contributed by atoms with Crippen LogP contribution < -0.4 is 10.2 Å². The van der Waals surface area contributed by atoms with Crippen LogP contribution in [0.25, 0.3) is 0 Å². The lowest BCUT2D eigenvalue weighted by atomic mass is 10.0. The summed E-state index contributed by atoms with van der Waals surface area (Å²) < 4.78 is 13.4. The molecular formula is C24H21FN4O. The number of hydrogen-bond donors (Lipinski definition) is 1. The van der Waals surface area contributed by atoms with Crippen LogP contribution >= 0.6 is 0 Å². The Morgan fingerprint density at radius 3 is 2.80 bits per heavy atom. The average molecular weight is 400 g/mol. The van der Waals surface area contributed by atoms with Crippen LogP contribution in [-0.4, -0.2) is 30.2 Å². The topological polar surface area (TPSA) is 57.6 Å². The molecule has 2 aliphatic rings. The third kappa shape index (κ3) is 3.56. The summed E-state index contributed by atoms with van der Waals surface area (Å²) in [6, 6.07) is 18.4. The molecule has 0 aliphatic carbocycles. The second-order valence-electron chi connectivity index (χ2n) is 7.68. The number of hydrogen-bond acceptors (Lipinski definition) is 4. The van der Waals surface area contributed by atoms with E-state index < -0.39 is 5.92 Å². The third-order valence-electron chi connectivity index (χ3n) is 5.77. The molecule has 30 heavy (non-hydrogen) atoms. The maximum atomic E-state index is 13.4. The molecule has 2 aromatic carbocycles. The van der Waals surface area contributed by atoms with Crippen molar-refractivity contribution < 1.29 is 9.18 Å². The van der Waals surface area contributed by atoms with Gasteiger partial charge >= 0.3 is 0 Å². The SMILES string of the molecule is O=C1Nc2cc(F)ccc2C1C=Nc1ccc(N2CCC(c3ccccn3)C2)cc1. The predicted octanol–water partition coefficient (Wildman–Crippen LogP) is 4.65. The Morgan fingerprint density at radius 1 is 1.13 bits per heavy atom. The van der Waals surface area contributed by atoms with Gasteiger partial charge in [0.25, 0.3) is 0 Å². The Morgan fingerprint density at radius 2 is 2.00 bits per heavy atom. The number of pyridine rings is 1. The minimum Gasteiger partial charge on any atom is -0.371 e. The molecule has 3 aromatic rings. The number of benzene rings is 2. The number of carbonyl (C=O) groups excluding carboxylic acids is 1. The highest BCUT2D eigenvalue weighted by molar-refractivity contribution is 6.12. The van der Waals surface area contributed by atoms with Gasteiger partial charge in [0.15, 0.2) is 0 Å². The number of aliphatic imine (C=N–C) groups is 1. The second kappa shape index (κ2) is 7.71. The lowest BCUT2D eigenvalue weighted by Crippen LogP contribution is -2.19. The molecule has 1 aromatic heterocycles. The molecule has 2 aliphatic heterocycles. The number of halogens is 1. The van der Waals surface area contributed by atoms with Crippen LogP contribution in [0.15, 0.2) is 71.9 Å². The fourth-order valence-electron chi connectivity index (χ4n) is 4.17. The van der Waals surface area contributed by atoms with Crippen molar-refractivity contribution >= 4 is 29.2 Å². The van der Waals surface area contributed by atoms with E-state index in [0.29, 0.717) is 11.6 Å². The minimum atomic E-state index is -0.502. The smallest absolute Gasteiger partial charge is 0.237 e. The number of anilines is 2. The van der Waals surface area contributed by atoms with Crippen LogP contribution in [0.1, 0.15) is 29.5 Å². The molecule has 150 valence electrons. The van der Waals surface area contributed by atoms with Gasteiger partial charge in [-0.25, -0.2) is 4.39 Å². The molecule has 5 rings (SSSR count). The van der Waals surface area contributed by atoms with Crippen LogP contribution in [0, 0.1) is 5.82 Å². The molecule has 1 saturated heterocycles. The first-order valence-corrected chi connectivity index (χ1v) is 10.1. The number of carbonyl (C=O) groups is 1. The Labute approximate surface area is 174 Å². The molecular weight excluding hydrogens is 379 g/mol. The zero-order valence-electron chi connectivity index (χ0n) is 16.3. The monoisotopic (exact) mass is 400 g/mol. The van der Waals surface area contributed by atoms with Crippen LogP contribution in [0.5, 0.6) is 0 Å². The van der Waals surface area contributed by atoms with Crippen LogP contribution in [0.2, 0.25) is 0 Å². The quantitative estimate of drug-likeness (QED) is 0.649. The van der Waals surface area contributed by atoms with E-state index in [2.05, 4.69) is 38.4 Å². The minimum absolute atomic E-state index is 0.186. The van der Waals surface area contributed by atoms with E-state index in [1.54, 1.807) is 12.3 Å². The van der Waals surface area contributed by atoms with Gasteiger partial charge < -0.3 is 10.2 Å². The van der Waals surface area contributed by atoms with E-state index in [-0.39, 0.29) is 11.7 Å². The first-order chi connectivity index (χ1) is 14.7. The van der Waals surface area contributed by atoms with Crippen LogP contribution in [0.3, 0.4) is 0 Å². The van der Waals surface area contributed by atoms with Crippen molar-refractivity contribution in [1.82, 2.24) is 4.98 Å². The largest absolute Gasteiger partial charge is 0.371 e. The first kappa shape index (κ1) is 18.5. The van der Waals surface area contributed by atoms with Crippen molar-refractivity contribution in [1.29, 1.82) is 0 Å². The predicted molar refractivity (Wildman–Crippen MR) is 116 cm³/mol. The maximum absolute atomic E-state index is 13.4. The Kier molecular flexibility index (Phi) is 4.75. The highest BCUT2D eigenvalue weighted by Gasteiger charge is 2.29. The van der Waals surface area contributed by atoms with Gasteiger partial charge in [-0.3, -0.25) is 14.8 Å². The van der Waals surface area contributed by atoms with E-state index >= 15 is 0 Å². The number of fused-ring (bicyclic) bond motifs is 1. The molecule has 0 spiro atoms. The number of nitrogens with zero attached hydrogens (tertiary/aromatic N) is 3. The van der Waals surface area contributed by atoms with E-state index in [4.69, 9.17) is 0 Å². The average Bonchev–Trinajstić information content (AvgIpc) is 3.37. The lowest BCUT2D eigenvalue weighted by molar-refractivity contribution is -0.115. The summed E-state index contributed by atoms with van der Waals surface area (Å²) in [5, 5.41) is 2.71. The number of rotatable bonds is 4. The Bertz CT molecular complexity index is 1100. The van der Waals surface area contributed by atoms with Crippen LogP contribution in [-0.2, 0) is 4.79 Å². The van der Waals surface area contributed by atoms with Crippen molar-refractivity contribution in [2.24, 2.45) is 4.99 Å². The fourth-order valence-corrected chi connectivity index (χ4v) is 4.17. The van der Waals surface area contributed by atoms with E-state index in [0.717, 1.165) is 42.1 Å². The van der Waals surface area contributed by atoms with Crippen LogP contribution in [0.4, 0.5) is 21.5 Å². The molecule has 2 unspecified atom stereocenters. The van der Waals surface area contributed by atoms with Gasteiger partial charge in [-0.1, -0.05) is 12.1 Å². The molecule has 1 fully saturated rings. The molecule has 5 nitrogen and oxygen atoms in total. The summed E-state index contributed by atoms with van der Waals surface area (Å²) in [5.74, 6) is -0.601. The Balaban J connectivity index is 1.27. The zero-order valence-corrected chi connectivity index (χ0v) is 16.3. The summed E-state index contributed by atoms with van der Waals surface area (Å²) in [5.41, 5.74) is 4.35. The summed E-state index contributed by atoms with van der Waals surface area (Å²) in [4.78, 5) is 23.5. The van der Waals surface area contributed by atoms with Gasteiger partial charge in [0.2, 0.25) is 5.91 Å². The van der Waals surface area contributed by atoms with Gasteiger partial charge in [-0.2, -0.15) is 0 Å². The van der Waals surface area contributed by atoms with Gasteiger partial charge in [0.05, 0.1) is 5.69 Å². The standard InChI is InChI=1S/C24H21FN4O/c25-17-4-9-20-21(24(30)28-23(20)13-17)14-27-18-5-7-19(8-6-18)29-12-10-16(15-29)22-3-1-2-11-26-22/h1-9,11,13-14,16,21H,10,12,15H2,(H,28,30). The zero-order chi connectivity index (χ0) is 20.5. The first-order valence-electron chi connectivity index (χ1n) is 10.1. The number of nitrogens with one attached hydrogen (secondary N) is 1. The highest BCUT2D eigenvalue weighted by atomic mass is 19.1. The van der Waals surface area contributed by atoms with Crippen molar-refractivity contribution in [2.45, 2.75) is 18.3 Å². The van der Waals surface area contributed by atoms with Gasteiger partial charge in [-0.15, -0.1) is 0 Å². The molecule has 0 saturated carbocycles. The maximum Gasteiger partial charge on any atom is 0.237 e. The summed E-state index contributed by atoms with van der Waals surface area (Å²) in [7, 11) is 0. The normalized spacial score (nSPS) is 20.6. The number of amides is 1. The number of aromatic nitrogens is 1. The molecule has 0 bridgehead atoms. The molecule has 2 atom stereocenters. The van der Waals surface area contributed by atoms with Gasteiger partial charge in [0.1, 0.15) is 11.7 Å².